The summed E-state index contributed by atoms with van der Waals surface area (Å²) in [4.78, 5) is 37.5. The topological polar surface area (TPSA) is 99.1 Å². The lowest BCUT2D eigenvalue weighted by atomic mass is 9.81. The van der Waals surface area contributed by atoms with Crippen molar-refractivity contribution in [3.8, 4) is 0 Å². The summed E-state index contributed by atoms with van der Waals surface area (Å²) in [5.74, 6) is -1.98. The quantitative estimate of drug-likeness (QED) is 0.543. The zero-order valence-corrected chi connectivity index (χ0v) is 14.6. The van der Waals surface area contributed by atoms with Crippen LogP contribution in [-0.4, -0.2) is 52.4 Å². The van der Waals surface area contributed by atoms with Crippen LogP contribution >= 0.6 is 24.2 Å². The number of amides is 1. The number of thiol groups is 1. The molecule has 0 bridgehead atoms. The van der Waals surface area contributed by atoms with Crippen molar-refractivity contribution in [2.24, 2.45) is 5.18 Å². The molecule has 9 heteroatoms. The number of nitrogens with one attached hydrogen (secondary N) is 1. The number of piperidine rings is 1. The van der Waals surface area contributed by atoms with Crippen LogP contribution in [0.1, 0.15) is 23.2 Å². The number of nitrogens with zero attached hydrogens (tertiary/aromatic N) is 2. The van der Waals surface area contributed by atoms with Crippen molar-refractivity contribution in [2.75, 3.05) is 13.6 Å². The van der Waals surface area contributed by atoms with Gasteiger partial charge in [0.25, 0.3) is 5.91 Å². The van der Waals surface area contributed by atoms with Gasteiger partial charge in [0.1, 0.15) is 5.54 Å². The number of halogens is 1. The maximum atomic E-state index is 12.4. The van der Waals surface area contributed by atoms with Gasteiger partial charge in [-0.1, -0.05) is 28.9 Å². The summed E-state index contributed by atoms with van der Waals surface area (Å²) in [6.07, 6.45) is 0.333. The average Bonchev–Trinajstić information content (AvgIpc) is 2.55. The highest BCUT2D eigenvalue weighted by atomic mass is 35.5. The first-order valence-corrected chi connectivity index (χ1v) is 8.21. The molecule has 7 nitrogen and oxygen atoms in total. The second-order valence-electron chi connectivity index (χ2n) is 5.83. The number of nitroso groups, excluding NO2 is 1. The van der Waals surface area contributed by atoms with Gasteiger partial charge in [0.05, 0.1) is 16.0 Å². The van der Waals surface area contributed by atoms with Gasteiger partial charge in [-0.15, -0.1) is 0 Å². The number of carboxylic acids is 1. The van der Waals surface area contributed by atoms with E-state index in [0.29, 0.717) is 6.54 Å². The number of hydrogen-bond acceptors (Lipinski definition) is 6. The molecular formula is C15H18ClN3O4S. The van der Waals surface area contributed by atoms with Crippen LogP contribution in [0.15, 0.2) is 29.4 Å². The number of carbonyl (C=O) groups is 2. The number of rotatable bonds is 5. The SMILES string of the molecule is CN1CCC(N=O)(C(NC(=O)c2ccccc2Cl)C(=O)O)CC1S. The van der Waals surface area contributed by atoms with Gasteiger partial charge in [-0.25, -0.2) is 4.79 Å². The lowest BCUT2D eigenvalue weighted by molar-refractivity contribution is -0.141. The molecule has 3 atom stereocenters. The second kappa shape index (κ2) is 7.50. The Hall–Kier alpha value is -1.64. The van der Waals surface area contributed by atoms with Crippen molar-refractivity contribution in [1.82, 2.24) is 10.2 Å². The molecule has 0 aliphatic carbocycles. The number of aliphatic carboxylic acids is 1. The average molecular weight is 372 g/mol. The summed E-state index contributed by atoms with van der Waals surface area (Å²) in [5.41, 5.74) is -1.32. The summed E-state index contributed by atoms with van der Waals surface area (Å²) in [6, 6.07) is 4.82. The zero-order valence-electron chi connectivity index (χ0n) is 13.0. The standard InChI is InChI=1S/C15H18ClN3O4S/c1-19-7-6-15(18-23,8-11(19)24)12(14(21)22)17-13(20)9-4-2-3-5-10(9)16/h2-5,11-12,24H,6-8H2,1H3,(H,17,20)(H,21,22). The smallest absolute Gasteiger partial charge is 0.328 e. The van der Waals surface area contributed by atoms with Gasteiger partial charge in [-0.05, 0) is 25.6 Å². The number of hydrogen-bond donors (Lipinski definition) is 3. The summed E-state index contributed by atoms with van der Waals surface area (Å²) in [6.45, 7) is 0.450. The van der Waals surface area contributed by atoms with E-state index >= 15 is 0 Å². The van der Waals surface area contributed by atoms with E-state index in [4.69, 9.17) is 11.6 Å². The summed E-state index contributed by atoms with van der Waals surface area (Å²) in [7, 11) is 1.82. The molecule has 0 spiro atoms. The van der Waals surface area contributed by atoms with Crippen LogP contribution in [0.4, 0.5) is 0 Å². The van der Waals surface area contributed by atoms with Crippen molar-refractivity contribution in [3.05, 3.63) is 39.8 Å². The van der Waals surface area contributed by atoms with Crippen LogP contribution in [0.2, 0.25) is 5.02 Å². The normalized spacial score (nSPS) is 25.7. The van der Waals surface area contributed by atoms with Gasteiger partial charge in [-0.2, -0.15) is 17.5 Å². The molecule has 3 unspecified atom stereocenters. The number of carbonyl (C=O) groups excluding carboxylic acids is 1. The Morgan fingerprint density at radius 3 is 2.71 bits per heavy atom. The van der Waals surface area contributed by atoms with Gasteiger partial charge in [0.15, 0.2) is 6.04 Å². The third-order valence-electron chi connectivity index (χ3n) is 4.30. The van der Waals surface area contributed by atoms with Crippen LogP contribution in [0.25, 0.3) is 0 Å². The molecule has 0 radical (unpaired) electrons. The molecule has 1 aromatic rings. The molecule has 1 amide bonds. The van der Waals surface area contributed by atoms with Crippen LogP contribution < -0.4 is 5.32 Å². The summed E-state index contributed by atoms with van der Waals surface area (Å²) in [5, 5.41) is 14.9. The van der Waals surface area contributed by atoms with Gasteiger partial charge in [0, 0.05) is 13.0 Å². The van der Waals surface area contributed by atoms with E-state index in [2.05, 4.69) is 23.1 Å². The van der Waals surface area contributed by atoms with E-state index in [1.807, 2.05) is 11.9 Å². The Bertz CT molecular complexity index is 659. The zero-order chi connectivity index (χ0) is 17.9. The third-order valence-corrected chi connectivity index (χ3v) is 5.21. The second-order valence-corrected chi connectivity index (χ2v) is 6.84. The molecule has 1 heterocycles. The highest BCUT2D eigenvalue weighted by Gasteiger charge is 2.50. The van der Waals surface area contributed by atoms with E-state index in [1.165, 1.54) is 12.1 Å². The van der Waals surface area contributed by atoms with Crippen molar-refractivity contribution in [2.45, 2.75) is 29.8 Å². The molecular weight excluding hydrogens is 354 g/mol. The highest BCUT2D eigenvalue weighted by Crippen LogP contribution is 2.34. The fraction of sp³-hybridized carbons (Fsp3) is 0.467. The van der Waals surface area contributed by atoms with Crippen LogP contribution in [0, 0.1) is 4.91 Å². The lowest BCUT2D eigenvalue weighted by Crippen LogP contribution is -2.60. The first-order valence-electron chi connectivity index (χ1n) is 7.32. The molecule has 0 aromatic heterocycles. The predicted octanol–water partition coefficient (Wildman–Crippen LogP) is 2.01. The first-order chi connectivity index (χ1) is 11.3. The highest BCUT2D eigenvalue weighted by molar-refractivity contribution is 7.80. The van der Waals surface area contributed by atoms with Crippen LogP contribution in [0.3, 0.4) is 0 Å². The molecule has 0 saturated carbocycles. The molecule has 1 aromatic carbocycles. The minimum absolute atomic E-state index is 0.121. The Kier molecular flexibility index (Phi) is 5.84. The summed E-state index contributed by atoms with van der Waals surface area (Å²) < 4.78 is 0. The summed E-state index contributed by atoms with van der Waals surface area (Å²) >= 11 is 10.3. The minimum atomic E-state index is -1.46. The predicted molar refractivity (Wildman–Crippen MR) is 93.5 cm³/mol. The Balaban J connectivity index is 2.29. The van der Waals surface area contributed by atoms with E-state index in [-0.39, 0.29) is 28.8 Å². The van der Waals surface area contributed by atoms with E-state index < -0.39 is 23.5 Å². The molecule has 1 fully saturated rings. The maximum absolute atomic E-state index is 12.4. The number of carboxylic acid groups (broad SMARTS) is 1. The van der Waals surface area contributed by atoms with E-state index in [9.17, 15) is 19.6 Å². The van der Waals surface area contributed by atoms with Gasteiger partial charge in [0.2, 0.25) is 0 Å². The Morgan fingerprint density at radius 1 is 1.50 bits per heavy atom. The number of benzene rings is 1. The van der Waals surface area contributed by atoms with Crippen molar-refractivity contribution < 1.29 is 14.7 Å². The molecule has 2 rings (SSSR count). The largest absolute Gasteiger partial charge is 0.480 e. The fourth-order valence-electron chi connectivity index (χ4n) is 2.77. The van der Waals surface area contributed by atoms with Crippen molar-refractivity contribution >= 4 is 36.1 Å². The molecule has 1 saturated heterocycles. The van der Waals surface area contributed by atoms with E-state index in [1.54, 1.807) is 12.1 Å². The molecule has 130 valence electrons. The van der Waals surface area contributed by atoms with Crippen LogP contribution in [0.5, 0.6) is 0 Å². The molecule has 24 heavy (non-hydrogen) atoms. The Labute approximate surface area is 149 Å². The van der Waals surface area contributed by atoms with Gasteiger partial charge >= 0.3 is 5.97 Å². The van der Waals surface area contributed by atoms with Crippen molar-refractivity contribution in [3.63, 3.8) is 0 Å². The van der Waals surface area contributed by atoms with Crippen molar-refractivity contribution in [1.29, 1.82) is 0 Å². The molecule has 1 aliphatic rings. The van der Waals surface area contributed by atoms with E-state index in [0.717, 1.165) is 0 Å². The van der Waals surface area contributed by atoms with Crippen LogP contribution in [-0.2, 0) is 4.79 Å². The molecule has 1 aliphatic heterocycles. The Morgan fingerprint density at radius 2 is 2.17 bits per heavy atom. The number of likely N-dealkylation sites (tertiary alicyclic amines) is 1. The molecule has 2 N–H and O–H groups in total. The lowest BCUT2D eigenvalue weighted by Gasteiger charge is -2.42. The minimum Gasteiger partial charge on any atom is -0.480 e. The third kappa shape index (κ3) is 3.71. The van der Waals surface area contributed by atoms with Gasteiger partial charge in [-0.3, -0.25) is 9.69 Å². The maximum Gasteiger partial charge on any atom is 0.328 e. The first kappa shape index (κ1) is 18.7. The fourth-order valence-corrected chi connectivity index (χ4v) is 3.42. The van der Waals surface area contributed by atoms with Gasteiger partial charge < -0.3 is 10.4 Å². The monoisotopic (exact) mass is 371 g/mol.